The van der Waals surface area contributed by atoms with Crippen LogP contribution >= 0.6 is 11.3 Å². The van der Waals surface area contributed by atoms with Crippen LogP contribution in [0.3, 0.4) is 0 Å². The summed E-state index contributed by atoms with van der Waals surface area (Å²) in [5.74, 6) is 0.426. The number of rotatable bonds is 9. The molecule has 1 saturated carbocycles. The third-order valence-electron chi connectivity index (χ3n) is 8.97. The molecule has 228 valence electrons. The molecule has 1 N–H and O–H groups in total. The lowest BCUT2D eigenvalue weighted by molar-refractivity contribution is 0.464. The molecule has 0 spiro atoms. The van der Waals surface area contributed by atoms with Gasteiger partial charge in [-0.15, -0.1) is 0 Å². The number of allylic oxidation sites excluding steroid dienone is 1. The molecule has 3 aromatic carbocycles. The van der Waals surface area contributed by atoms with Crippen LogP contribution in [-0.2, 0) is 6.42 Å². The molecule has 7 heteroatoms. The summed E-state index contributed by atoms with van der Waals surface area (Å²) in [6, 6.07) is 26.4. The summed E-state index contributed by atoms with van der Waals surface area (Å²) in [6.45, 7) is 2.19. The minimum Gasteiger partial charge on any atom is -0.508 e. The molecule has 1 aliphatic carbocycles. The van der Waals surface area contributed by atoms with Crippen molar-refractivity contribution in [2.75, 3.05) is 5.01 Å². The number of hydrogen-bond donors (Lipinski definition) is 1. The first-order chi connectivity index (χ1) is 22.1. The molecule has 2 unspecified atom stereocenters. The van der Waals surface area contributed by atoms with Gasteiger partial charge in [-0.05, 0) is 72.6 Å². The number of anilines is 1. The predicted molar refractivity (Wildman–Crippen MR) is 184 cm³/mol. The predicted octanol–water partition coefficient (Wildman–Crippen LogP) is 9.55. The second-order valence-corrected chi connectivity index (χ2v) is 13.1. The van der Waals surface area contributed by atoms with Crippen molar-refractivity contribution in [3.63, 3.8) is 0 Å². The van der Waals surface area contributed by atoms with E-state index in [-0.39, 0.29) is 17.7 Å². The van der Waals surface area contributed by atoms with Gasteiger partial charge in [0.15, 0.2) is 0 Å². The van der Waals surface area contributed by atoms with Crippen molar-refractivity contribution in [1.82, 2.24) is 4.98 Å². The van der Waals surface area contributed by atoms with Crippen molar-refractivity contribution in [1.29, 1.82) is 0 Å². The molecule has 0 saturated heterocycles. The van der Waals surface area contributed by atoms with Gasteiger partial charge in [0.05, 0.1) is 22.2 Å². The molecule has 3 heterocycles. The molecule has 0 amide bonds. The van der Waals surface area contributed by atoms with Crippen molar-refractivity contribution in [2.24, 2.45) is 11.0 Å². The van der Waals surface area contributed by atoms with Crippen molar-refractivity contribution in [3.05, 3.63) is 118 Å². The monoisotopic (exact) mass is 615 g/mol. The number of aryl methyl sites for hydroxylation is 1. The number of fused-ring (bicyclic) bond motifs is 2. The largest absolute Gasteiger partial charge is 0.508 e. The number of hydrogen-bond acceptors (Lipinski definition) is 7. The van der Waals surface area contributed by atoms with Gasteiger partial charge in [0.25, 0.3) is 0 Å². The first kappa shape index (κ1) is 29.2. The first-order valence-corrected chi connectivity index (χ1v) is 16.9. The van der Waals surface area contributed by atoms with Crippen LogP contribution in [0.15, 0.2) is 105 Å². The Hall–Kier alpha value is -4.49. The van der Waals surface area contributed by atoms with Crippen LogP contribution in [-0.4, -0.2) is 15.8 Å². The number of aromatic hydroxyl groups is 1. The summed E-state index contributed by atoms with van der Waals surface area (Å²) in [5.41, 5.74) is 6.09. The van der Waals surface area contributed by atoms with Gasteiger partial charge in [0.2, 0.25) is 5.13 Å². The van der Waals surface area contributed by atoms with Crippen LogP contribution in [0.25, 0.3) is 27.5 Å². The van der Waals surface area contributed by atoms with Crippen LogP contribution in [0, 0.1) is 5.92 Å². The molecule has 2 atom stereocenters. The van der Waals surface area contributed by atoms with E-state index in [2.05, 4.69) is 66.5 Å². The molecule has 1 aliphatic heterocycles. The van der Waals surface area contributed by atoms with E-state index in [9.17, 15) is 9.90 Å². The smallest absolute Gasteiger partial charge is 0.345 e. The highest BCUT2D eigenvalue weighted by molar-refractivity contribution is 7.18. The van der Waals surface area contributed by atoms with Gasteiger partial charge in [0, 0.05) is 23.6 Å². The SMILES string of the molecule is CCCCCCc1cc2cc(-c3cnc(N4N=C5/C(=C/c6ccccc6)CCCC5C4c4ccccc4)s3)c(=O)oc2cc1O. The van der Waals surface area contributed by atoms with Crippen LogP contribution < -0.4 is 10.6 Å². The van der Waals surface area contributed by atoms with Gasteiger partial charge in [0.1, 0.15) is 11.3 Å². The number of phenolic OH excluding ortho intramolecular Hbond substituents is 1. The summed E-state index contributed by atoms with van der Waals surface area (Å²) in [6.07, 6.45) is 12.5. The van der Waals surface area contributed by atoms with Gasteiger partial charge < -0.3 is 9.52 Å². The second kappa shape index (κ2) is 12.9. The Morgan fingerprint density at radius 3 is 2.62 bits per heavy atom. The third-order valence-corrected chi connectivity index (χ3v) is 9.99. The maximum atomic E-state index is 13.2. The lowest BCUT2D eigenvalue weighted by Gasteiger charge is -2.29. The molecule has 1 fully saturated rings. The summed E-state index contributed by atoms with van der Waals surface area (Å²) in [7, 11) is 0. The van der Waals surface area contributed by atoms with Crippen molar-refractivity contribution >= 4 is 39.2 Å². The van der Waals surface area contributed by atoms with Crippen molar-refractivity contribution < 1.29 is 9.52 Å². The van der Waals surface area contributed by atoms with Gasteiger partial charge in [-0.3, -0.25) is 0 Å². The van der Waals surface area contributed by atoms with E-state index in [0.29, 0.717) is 11.1 Å². The number of thiazole rings is 1. The maximum Gasteiger partial charge on any atom is 0.345 e. The molecule has 7 rings (SSSR count). The van der Waals surface area contributed by atoms with Gasteiger partial charge >= 0.3 is 5.63 Å². The van der Waals surface area contributed by atoms with E-state index in [1.54, 1.807) is 12.3 Å². The average molecular weight is 616 g/mol. The Morgan fingerprint density at radius 2 is 1.82 bits per heavy atom. The highest BCUT2D eigenvalue weighted by atomic mass is 32.1. The van der Waals surface area contributed by atoms with E-state index in [1.807, 2.05) is 24.3 Å². The Balaban J connectivity index is 1.25. The Bertz CT molecular complexity index is 1930. The van der Waals surface area contributed by atoms with E-state index >= 15 is 0 Å². The van der Waals surface area contributed by atoms with Gasteiger partial charge in [-0.25, -0.2) is 14.8 Å². The van der Waals surface area contributed by atoms with E-state index in [0.717, 1.165) is 71.6 Å². The molecule has 5 aromatic rings. The van der Waals surface area contributed by atoms with Gasteiger partial charge in [-0.1, -0.05) is 98.2 Å². The molecule has 2 aliphatic rings. The van der Waals surface area contributed by atoms with E-state index in [1.165, 1.54) is 34.5 Å². The van der Waals surface area contributed by atoms with Crippen LogP contribution in [0.1, 0.15) is 74.6 Å². The van der Waals surface area contributed by atoms with Crippen LogP contribution in [0.5, 0.6) is 5.75 Å². The van der Waals surface area contributed by atoms with E-state index in [4.69, 9.17) is 14.5 Å². The summed E-state index contributed by atoms with van der Waals surface area (Å²) < 4.78 is 5.71. The second-order valence-electron chi connectivity index (χ2n) is 12.0. The maximum absolute atomic E-state index is 13.2. The Morgan fingerprint density at radius 1 is 1.02 bits per heavy atom. The summed E-state index contributed by atoms with van der Waals surface area (Å²) >= 11 is 1.46. The average Bonchev–Trinajstić information content (AvgIpc) is 3.70. The number of unbranched alkanes of at least 4 members (excludes halogenated alkanes) is 3. The number of phenols is 1. The molecule has 0 radical (unpaired) electrons. The topological polar surface area (TPSA) is 78.9 Å². The normalized spacial score (nSPS) is 18.8. The molecular formula is C38H37N3O3S. The van der Waals surface area contributed by atoms with Crippen LogP contribution in [0.2, 0.25) is 0 Å². The molecule has 0 bridgehead atoms. The fraction of sp³-hybridized carbons (Fsp3) is 0.289. The number of hydrazone groups is 1. The molecule has 45 heavy (non-hydrogen) atoms. The minimum absolute atomic E-state index is 0.0194. The molecule has 6 nitrogen and oxygen atoms in total. The molecule has 2 aromatic heterocycles. The zero-order valence-electron chi connectivity index (χ0n) is 25.5. The van der Waals surface area contributed by atoms with Crippen molar-refractivity contribution in [2.45, 2.75) is 64.3 Å². The Kier molecular flexibility index (Phi) is 8.35. The van der Waals surface area contributed by atoms with Crippen LogP contribution in [0.4, 0.5) is 5.13 Å². The Labute approximate surface area is 267 Å². The lowest BCUT2D eigenvalue weighted by atomic mass is 9.77. The lowest BCUT2D eigenvalue weighted by Crippen LogP contribution is -2.27. The van der Waals surface area contributed by atoms with Gasteiger partial charge in [-0.2, -0.15) is 5.10 Å². The summed E-state index contributed by atoms with van der Waals surface area (Å²) in [5, 5.41) is 19.5. The zero-order chi connectivity index (χ0) is 30.8. The first-order valence-electron chi connectivity index (χ1n) is 16.0. The quantitative estimate of drug-likeness (QED) is 0.132. The number of nitrogens with zero attached hydrogens (tertiary/aromatic N) is 3. The minimum atomic E-state index is -0.443. The fourth-order valence-corrected chi connectivity index (χ4v) is 7.61. The standard InChI is InChI=1S/C38H37N3O3S/c1-2-3-4-9-17-27-21-29-22-31(37(43)44-33(29)23-32(27)42)34-24-39-38(45-34)41-36(26-15-10-6-11-16-26)30-19-12-18-28(35(30)40-41)20-25-13-7-5-8-14-25/h5-8,10-11,13-16,20-24,30,36,42H,2-4,9,12,17-19H2,1H3/b28-20+. The highest BCUT2D eigenvalue weighted by Crippen LogP contribution is 2.47. The van der Waals surface area contributed by atoms with Crippen molar-refractivity contribution in [3.8, 4) is 16.2 Å². The summed E-state index contributed by atoms with van der Waals surface area (Å²) in [4.78, 5) is 18.8. The number of aromatic nitrogens is 1. The number of benzene rings is 3. The zero-order valence-corrected chi connectivity index (χ0v) is 26.3. The molecular weight excluding hydrogens is 579 g/mol. The highest BCUT2D eigenvalue weighted by Gasteiger charge is 2.42. The third kappa shape index (κ3) is 5.97. The van der Waals surface area contributed by atoms with E-state index < -0.39 is 5.63 Å². The fourth-order valence-electron chi connectivity index (χ4n) is 6.70.